The van der Waals surface area contributed by atoms with Gasteiger partial charge in [-0.05, 0) is 53.4 Å². The number of nitrogens with zero attached hydrogens (tertiary/aromatic N) is 1. The Morgan fingerprint density at radius 3 is 2.16 bits per heavy atom. The van der Waals surface area contributed by atoms with Gasteiger partial charge < -0.3 is 14.4 Å². The second kappa shape index (κ2) is 11.3. The fraction of sp³-hybridized carbons (Fsp3) is 0.212. The summed E-state index contributed by atoms with van der Waals surface area (Å²) in [6.07, 6.45) is 0.415. The molecule has 1 heterocycles. The standard InChI is InChI=1S/C33H31NO4/c1-23(35)19-24-13-16-29(17-14-24)38-22-28-20-27(15-18-30(28)37-2)32-31(26-11-7-4-8-12-26)33(36)34(32)21-25-9-5-3-6-10-25/h3-18,20,31-32H,19,21-22H2,1-2H3/t31-,32?/m0/s1. The van der Waals surface area contributed by atoms with Gasteiger partial charge in [0.05, 0.1) is 19.1 Å². The Labute approximate surface area is 223 Å². The Morgan fingerprint density at radius 1 is 0.816 bits per heavy atom. The molecule has 4 aromatic rings. The minimum atomic E-state index is -0.240. The average molecular weight is 506 g/mol. The van der Waals surface area contributed by atoms with Crippen LogP contribution in [0.2, 0.25) is 0 Å². The van der Waals surface area contributed by atoms with E-state index in [9.17, 15) is 9.59 Å². The van der Waals surface area contributed by atoms with Crippen LogP contribution >= 0.6 is 0 Å². The molecule has 0 N–H and O–H groups in total. The third kappa shape index (κ3) is 5.47. The number of ketones is 1. The first-order valence-corrected chi connectivity index (χ1v) is 12.8. The van der Waals surface area contributed by atoms with E-state index in [1.807, 2.05) is 89.8 Å². The highest BCUT2D eigenvalue weighted by atomic mass is 16.5. The first-order valence-electron chi connectivity index (χ1n) is 12.8. The van der Waals surface area contributed by atoms with Gasteiger partial charge in [0.2, 0.25) is 5.91 Å². The quantitative estimate of drug-likeness (QED) is 0.238. The van der Waals surface area contributed by atoms with Crippen LogP contribution in [0.4, 0.5) is 0 Å². The van der Waals surface area contributed by atoms with Crippen LogP contribution < -0.4 is 9.47 Å². The Morgan fingerprint density at radius 2 is 1.50 bits per heavy atom. The van der Waals surface area contributed by atoms with Crippen LogP contribution in [0.1, 0.15) is 46.7 Å². The molecule has 5 nitrogen and oxygen atoms in total. The number of benzene rings is 4. The number of likely N-dealkylation sites (tertiary alicyclic amines) is 1. The van der Waals surface area contributed by atoms with Gasteiger partial charge in [-0.25, -0.2) is 0 Å². The van der Waals surface area contributed by atoms with Crippen molar-refractivity contribution in [1.29, 1.82) is 0 Å². The number of amides is 1. The molecule has 0 aliphatic carbocycles. The van der Waals surface area contributed by atoms with E-state index < -0.39 is 0 Å². The van der Waals surface area contributed by atoms with Crippen LogP contribution in [0.15, 0.2) is 103 Å². The van der Waals surface area contributed by atoms with Gasteiger partial charge in [-0.3, -0.25) is 9.59 Å². The number of β-lactam (4-membered cyclic amide) rings is 1. The molecule has 38 heavy (non-hydrogen) atoms. The molecule has 5 rings (SSSR count). The summed E-state index contributed by atoms with van der Waals surface area (Å²) < 4.78 is 11.7. The van der Waals surface area contributed by atoms with E-state index in [0.717, 1.165) is 39.3 Å². The third-order valence-corrected chi connectivity index (χ3v) is 6.97. The summed E-state index contributed by atoms with van der Waals surface area (Å²) in [6, 6.07) is 33.7. The molecule has 0 spiro atoms. The van der Waals surface area contributed by atoms with E-state index in [4.69, 9.17) is 9.47 Å². The predicted octanol–water partition coefficient (Wildman–Crippen LogP) is 6.27. The van der Waals surface area contributed by atoms with Crippen molar-refractivity contribution in [2.45, 2.75) is 38.5 Å². The summed E-state index contributed by atoms with van der Waals surface area (Å²) in [4.78, 5) is 26.8. The smallest absolute Gasteiger partial charge is 0.233 e. The van der Waals surface area contributed by atoms with Crippen molar-refractivity contribution in [3.05, 3.63) is 131 Å². The summed E-state index contributed by atoms with van der Waals surface area (Å²) in [6.45, 7) is 2.46. The van der Waals surface area contributed by atoms with Crippen LogP contribution in [0.25, 0.3) is 0 Å². The number of Topliss-reactive ketones (excluding diaryl/α,β-unsaturated/α-hetero) is 1. The molecule has 1 fully saturated rings. The van der Waals surface area contributed by atoms with E-state index in [2.05, 4.69) is 18.2 Å². The Hall–Kier alpha value is -4.38. The lowest BCUT2D eigenvalue weighted by atomic mass is 9.77. The molecule has 1 amide bonds. The Balaban J connectivity index is 1.41. The fourth-order valence-corrected chi connectivity index (χ4v) is 5.11. The van der Waals surface area contributed by atoms with Crippen molar-refractivity contribution in [1.82, 2.24) is 4.90 Å². The van der Waals surface area contributed by atoms with Gasteiger partial charge in [-0.15, -0.1) is 0 Å². The first kappa shape index (κ1) is 25.3. The van der Waals surface area contributed by atoms with Gasteiger partial charge in [-0.2, -0.15) is 0 Å². The highest BCUT2D eigenvalue weighted by Crippen LogP contribution is 2.48. The lowest BCUT2D eigenvalue weighted by Gasteiger charge is -2.48. The number of carbonyl (C=O) groups excluding carboxylic acids is 2. The zero-order valence-electron chi connectivity index (χ0n) is 21.7. The van der Waals surface area contributed by atoms with Gasteiger partial charge in [0.1, 0.15) is 23.9 Å². The van der Waals surface area contributed by atoms with E-state index >= 15 is 0 Å². The summed E-state index contributed by atoms with van der Waals surface area (Å²) in [5.74, 6) is 1.47. The maximum Gasteiger partial charge on any atom is 0.233 e. The van der Waals surface area contributed by atoms with E-state index in [0.29, 0.717) is 19.6 Å². The molecule has 0 bridgehead atoms. The molecular weight excluding hydrogens is 474 g/mol. The highest BCUT2D eigenvalue weighted by Gasteiger charge is 2.48. The molecule has 192 valence electrons. The molecule has 1 aliphatic heterocycles. The van der Waals surface area contributed by atoms with Gasteiger partial charge in [0.25, 0.3) is 0 Å². The van der Waals surface area contributed by atoms with Crippen LogP contribution in [0, 0.1) is 0 Å². The monoisotopic (exact) mass is 505 g/mol. The molecule has 1 aliphatic rings. The van der Waals surface area contributed by atoms with Gasteiger partial charge in [0.15, 0.2) is 0 Å². The summed E-state index contributed by atoms with van der Waals surface area (Å²) in [5.41, 5.74) is 5.03. The van der Waals surface area contributed by atoms with E-state index in [-0.39, 0.29) is 23.7 Å². The van der Waals surface area contributed by atoms with Crippen molar-refractivity contribution in [2.75, 3.05) is 7.11 Å². The summed E-state index contributed by atoms with van der Waals surface area (Å²) in [7, 11) is 1.65. The zero-order chi connectivity index (χ0) is 26.5. The normalized spacial score (nSPS) is 16.6. The lowest BCUT2D eigenvalue weighted by Crippen LogP contribution is -2.52. The Bertz CT molecular complexity index is 1400. The summed E-state index contributed by atoms with van der Waals surface area (Å²) >= 11 is 0. The number of hydrogen-bond acceptors (Lipinski definition) is 4. The minimum Gasteiger partial charge on any atom is -0.496 e. The van der Waals surface area contributed by atoms with Crippen molar-refractivity contribution in [3.8, 4) is 11.5 Å². The zero-order valence-corrected chi connectivity index (χ0v) is 21.7. The largest absolute Gasteiger partial charge is 0.496 e. The SMILES string of the molecule is COc1ccc(C2[C@H](c3ccccc3)C(=O)N2Cc2ccccc2)cc1COc1ccc(CC(C)=O)cc1. The second-order valence-corrected chi connectivity index (χ2v) is 9.67. The number of carbonyl (C=O) groups is 2. The van der Waals surface area contributed by atoms with Crippen LogP contribution in [-0.4, -0.2) is 23.7 Å². The van der Waals surface area contributed by atoms with Crippen LogP contribution in [-0.2, 0) is 29.2 Å². The maximum atomic E-state index is 13.4. The highest BCUT2D eigenvalue weighted by molar-refractivity contribution is 5.91. The average Bonchev–Trinajstić information content (AvgIpc) is 2.94. The molecule has 1 saturated heterocycles. The predicted molar refractivity (Wildman–Crippen MR) is 147 cm³/mol. The van der Waals surface area contributed by atoms with Gasteiger partial charge in [-0.1, -0.05) is 78.9 Å². The molecule has 2 atom stereocenters. The topological polar surface area (TPSA) is 55.8 Å². The first-order chi connectivity index (χ1) is 18.5. The molecule has 4 aromatic carbocycles. The van der Waals surface area contributed by atoms with Crippen molar-refractivity contribution < 1.29 is 19.1 Å². The van der Waals surface area contributed by atoms with Gasteiger partial charge in [0, 0.05) is 18.5 Å². The third-order valence-electron chi connectivity index (χ3n) is 6.97. The number of rotatable bonds is 10. The lowest BCUT2D eigenvalue weighted by molar-refractivity contribution is -0.151. The van der Waals surface area contributed by atoms with Crippen LogP contribution in [0.3, 0.4) is 0 Å². The van der Waals surface area contributed by atoms with E-state index in [1.54, 1.807) is 14.0 Å². The number of ether oxygens (including phenoxy) is 2. The molecule has 0 saturated carbocycles. The minimum absolute atomic E-state index is 0.0966. The molecule has 0 aromatic heterocycles. The van der Waals surface area contributed by atoms with Crippen LogP contribution in [0.5, 0.6) is 11.5 Å². The van der Waals surface area contributed by atoms with Gasteiger partial charge >= 0.3 is 0 Å². The number of hydrogen-bond donors (Lipinski definition) is 0. The Kier molecular flexibility index (Phi) is 7.55. The number of methoxy groups -OCH3 is 1. The maximum absolute atomic E-state index is 13.4. The van der Waals surface area contributed by atoms with Crippen molar-refractivity contribution in [2.24, 2.45) is 0 Å². The molecular formula is C33H31NO4. The van der Waals surface area contributed by atoms with E-state index in [1.165, 1.54) is 0 Å². The molecule has 5 heteroatoms. The molecule has 1 unspecified atom stereocenters. The fourth-order valence-electron chi connectivity index (χ4n) is 5.11. The second-order valence-electron chi connectivity index (χ2n) is 9.67. The van der Waals surface area contributed by atoms with Crippen molar-refractivity contribution in [3.63, 3.8) is 0 Å². The summed E-state index contributed by atoms with van der Waals surface area (Å²) in [5, 5.41) is 0. The molecule has 0 radical (unpaired) electrons. The van der Waals surface area contributed by atoms with Crippen molar-refractivity contribution >= 4 is 11.7 Å².